The van der Waals surface area contributed by atoms with E-state index in [0.29, 0.717) is 30.0 Å². The lowest BCUT2D eigenvalue weighted by molar-refractivity contribution is 0.0942. The highest BCUT2D eigenvalue weighted by Gasteiger charge is 2.16. The third-order valence-electron chi connectivity index (χ3n) is 3.52. The molecule has 5 heteroatoms. The molecule has 1 aliphatic rings. The summed E-state index contributed by atoms with van der Waals surface area (Å²) in [5.41, 5.74) is 1.36. The summed E-state index contributed by atoms with van der Waals surface area (Å²) in [6, 6.07) is 14.4. The Morgan fingerprint density at radius 1 is 1.14 bits per heavy atom. The first kappa shape index (κ1) is 14.4. The first-order valence-electron chi connectivity index (χ1n) is 7.15. The van der Waals surface area contributed by atoms with Crippen LogP contribution in [0, 0.1) is 0 Å². The van der Waals surface area contributed by atoms with Gasteiger partial charge in [-0.05, 0) is 36.2 Å². The highest BCUT2D eigenvalue weighted by Crippen LogP contribution is 2.34. The van der Waals surface area contributed by atoms with E-state index in [4.69, 9.17) is 9.47 Å². The van der Waals surface area contributed by atoms with Crippen LogP contribution < -0.4 is 14.8 Å². The van der Waals surface area contributed by atoms with E-state index in [9.17, 15) is 9.90 Å². The predicted molar refractivity (Wildman–Crippen MR) is 80.9 cm³/mol. The van der Waals surface area contributed by atoms with Crippen molar-refractivity contribution < 1.29 is 19.4 Å². The lowest BCUT2D eigenvalue weighted by atomic mass is 10.1. The molecule has 0 aromatic heterocycles. The van der Waals surface area contributed by atoms with Crippen molar-refractivity contribution in [2.45, 2.75) is 12.5 Å². The number of hydrogen-bond acceptors (Lipinski definition) is 4. The first-order valence-corrected chi connectivity index (χ1v) is 7.15. The number of carbonyl (C=O) groups excluding carboxylic acids is 1. The molecule has 0 fully saturated rings. The summed E-state index contributed by atoms with van der Waals surface area (Å²) in [6.45, 7) is 0.603. The summed E-state index contributed by atoms with van der Waals surface area (Å²) in [5, 5.41) is 13.0. The van der Waals surface area contributed by atoms with E-state index in [1.54, 1.807) is 30.3 Å². The van der Waals surface area contributed by atoms with Crippen LogP contribution in [0.15, 0.2) is 48.5 Å². The number of carbonyl (C=O) groups is 1. The van der Waals surface area contributed by atoms with E-state index >= 15 is 0 Å². The molecule has 0 radical (unpaired) electrons. The van der Waals surface area contributed by atoms with Gasteiger partial charge in [0.25, 0.3) is 5.91 Å². The van der Waals surface area contributed by atoms with Gasteiger partial charge in [0.1, 0.15) is 0 Å². The van der Waals surface area contributed by atoms with Gasteiger partial charge in [-0.2, -0.15) is 0 Å². The van der Waals surface area contributed by atoms with Gasteiger partial charge in [0.15, 0.2) is 11.5 Å². The smallest absolute Gasteiger partial charge is 0.251 e. The number of aliphatic hydroxyl groups excluding tert-OH is 1. The molecule has 1 atom stereocenters. The Morgan fingerprint density at radius 2 is 1.91 bits per heavy atom. The highest BCUT2D eigenvalue weighted by molar-refractivity contribution is 5.94. The molecule has 1 unspecified atom stereocenters. The molecule has 5 nitrogen and oxygen atoms in total. The van der Waals surface area contributed by atoms with Crippen LogP contribution in [-0.4, -0.2) is 24.4 Å². The topological polar surface area (TPSA) is 67.8 Å². The van der Waals surface area contributed by atoms with Crippen LogP contribution in [0.2, 0.25) is 0 Å². The normalized spacial score (nSPS) is 13.7. The van der Waals surface area contributed by atoms with E-state index in [2.05, 4.69) is 5.32 Å². The van der Waals surface area contributed by atoms with Crippen LogP contribution in [-0.2, 0) is 0 Å². The van der Waals surface area contributed by atoms with Crippen molar-refractivity contribution in [3.05, 3.63) is 59.7 Å². The molecule has 0 saturated heterocycles. The molecule has 114 valence electrons. The van der Waals surface area contributed by atoms with Crippen molar-refractivity contribution in [1.29, 1.82) is 0 Å². The fourth-order valence-electron chi connectivity index (χ4n) is 2.30. The van der Waals surface area contributed by atoms with Gasteiger partial charge < -0.3 is 19.9 Å². The van der Waals surface area contributed by atoms with Crippen LogP contribution >= 0.6 is 0 Å². The van der Waals surface area contributed by atoms with Crippen molar-refractivity contribution in [2.75, 3.05) is 13.3 Å². The summed E-state index contributed by atoms with van der Waals surface area (Å²) in [4.78, 5) is 11.9. The summed E-state index contributed by atoms with van der Waals surface area (Å²) in [7, 11) is 0. The number of hydrogen-bond donors (Lipinski definition) is 2. The molecule has 3 rings (SSSR count). The SMILES string of the molecule is O=C(NCCC(O)c1ccc2c(c1)OCO2)c1ccccc1. The number of aliphatic hydroxyl groups is 1. The van der Waals surface area contributed by atoms with Gasteiger partial charge in [0.2, 0.25) is 6.79 Å². The second-order valence-electron chi connectivity index (χ2n) is 5.04. The van der Waals surface area contributed by atoms with Crippen LogP contribution in [0.3, 0.4) is 0 Å². The van der Waals surface area contributed by atoms with Gasteiger partial charge >= 0.3 is 0 Å². The Hall–Kier alpha value is -2.53. The Labute approximate surface area is 128 Å². The van der Waals surface area contributed by atoms with Crippen LogP contribution in [0.4, 0.5) is 0 Å². The second-order valence-corrected chi connectivity index (χ2v) is 5.04. The molecule has 0 spiro atoms. The maximum Gasteiger partial charge on any atom is 0.251 e. The van der Waals surface area contributed by atoms with Crippen molar-refractivity contribution in [1.82, 2.24) is 5.32 Å². The standard InChI is InChI=1S/C17H17NO4/c19-14(13-6-7-15-16(10-13)22-11-21-15)8-9-18-17(20)12-4-2-1-3-5-12/h1-7,10,14,19H,8-9,11H2,(H,18,20). The van der Waals surface area contributed by atoms with Gasteiger partial charge in [-0.15, -0.1) is 0 Å². The molecular weight excluding hydrogens is 282 g/mol. The number of nitrogens with one attached hydrogen (secondary N) is 1. The number of rotatable bonds is 5. The minimum absolute atomic E-state index is 0.140. The molecule has 2 aromatic rings. The van der Waals surface area contributed by atoms with Gasteiger partial charge in [-0.3, -0.25) is 4.79 Å². The van der Waals surface area contributed by atoms with E-state index < -0.39 is 6.10 Å². The first-order chi connectivity index (χ1) is 10.7. The second kappa shape index (κ2) is 6.49. The average molecular weight is 299 g/mol. The molecule has 2 N–H and O–H groups in total. The number of benzene rings is 2. The zero-order chi connectivity index (χ0) is 15.4. The maximum atomic E-state index is 11.9. The molecule has 0 saturated carbocycles. The van der Waals surface area contributed by atoms with Gasteiger partial charge in [0.05, 0.1) is 6.10 Å². The molecule has 1 heterocycles. The lowest BCUT2D eigenvalue weighted by Crippen LogP contribution is -2.25. The van der Waals surface area contributed by atoms with E-state index in [1.807, 2.05) is 18.2 Å². The van der Waals surface area contributed by atoms with Crippen molar-refractivity contribution >= 4 is 5.91 Å². The molecular formula is C17H17NO4. The van der Waals surface area contributed by atoms with E-state index in [-0.39, 0.29) is 12.7 Å². The summed E-state index contributed by atoms with van der Waals surface area (Å²) in [5.74, 6) is 1.19. The summed E-state index contributed by atoms with van der Waals surface area (Å²) in [6.07, 6.45) is -0.233. The molecule has 0 aliphatic carbocycles. The maximum absolute atomic E-state index is 11.9. The van der Waals surface area contributed by atoms with Crippen LogP contribution in [0.5, 0.6) is 11.5 Å². The van der Waals surface area contributed by atoms with Gasteiger partial charge in [-0.25, -0.2) is 0 Å². The minimum Gasteiger partial charge on any atom is -0.454 e. The number of ether oxygens (including phenoxy) is 2. The van der Waals surface area contributed by atoms with Gasteiger partial charge in [-0.1, -0.05) is 24.3 Å². The Kier molecular flexibility index (Phi) is 4.25. The largest absolute Gasteiger partial charge is 0.454 e. The number of amides is 1. The molecule has 22 heavy (non-hydrogen) atoms. The Balaban J connectivity index is 1.52. The quantitative estimate of drug-likeness (QED) is 0.888. The summed E-state index contributed by atoms with van der Waals surface area (Å²) >= 11 is 0. The summed E-state index contributed by atoms with van der Waals surface area (Å²) < 4.78 is 10.5. The van der Waals surface area contributed by atoms with Crippen molar-refractivity contribution in [3.63, 3.8) is 0 Å². The Morgan fingerprint density at radius 3 is 2.73 bits per heavy atom. The lowest BCUT2D eigenvalue weighted by Gasteiger charge is -2.12. The van der Waals surface area contributed by atoms with E-state index in [1.165, 1.54) is 0 Å². The average Bonchev–Trinajstić information content (AvgIpc) is 3.03. The van der Waals surface area contributed by atoms with E-state index in [0.717, 1.165) is 5.56 Å². The third kappa shape index (κ3) is 3.20. The van der Waals surface area contributed by atoms with Crippen molar-refractivity contribution in [2.24, 2.45) is 0 Å². The third-order valence-corrected chi connectivity index (χ3v) is 3.52. The fraction of sp³-hybridized carbons (Fsp3) is 0.235. The molecule has 1 amide bonds. The molecule has 2 aromatic carbocycles. The van der Waals surface area contributed by atoms with Gasteiger partial charge in [0, 0.05) is 12.1 Å². The van der Waals surface area contributed by atoms with Crippen molar-refractivity contribution in [3.8, 4) is 11.5 Å². The predicted octanol–water partition coefficient (Wildman–Crippen LogP) is 2.27. The fourth-order valence-corrected chi connectivity index (χ4v) is 2.30. The zero-order valence-corrected chi connectivity index (χ0v) is 12.0. The zero-order valence-electron chi connectivity index (χ0n) is 12.0. The van der Waals surface area contributed by atoms with Crippen LogP contribution in [0.1, 0.15) is 28.4 Å². The Bertz CT molecular complexity index is 657. The molecule has 0 bridgehead atoms. The number of fused-ring (bicyclic) bond motifs is 1. The van der Waals surface area contributed by atoms with Crippen LogP contribution in [0.25, 0.3) is 0 Å². The highest BCUT2D eigenvalue weighted by atomic mass is 16.7. The minimum atomic E-state index is -0.662. The monoisotopic (exact) mass is 299 g/mol. The molecule has 1 aliphatic heterocycles.